The van der Waals surface area contributed by atoms with E-state index in [0.29, 0.717) is 0 Å². The molecule has 4 fully saturated rings. The van der Waals surface area contributed by atoms with Crippen LogP contribution in [0.3, 0.4) is 0 Å². The molecule has 0 amide bonds. The summed E-state index contributed by atoms with van der Waals surface area (Å²) in [5.74, 6) is -13.3. The quantitative estimate of drug-likeness (QED) is 0.0329. The van der Waals surface area contributed by atoms with Gasteiger partial charge in [0.05, 0.1) is 136 Å². The van der Waals surface area contributed by atoms with Gasteiger partial charge in [-0.3, -0.25) is 76.7 Å². The molecule has 0 radical (unpaired) electrons. The Morgan fingerprint density at radius 2 is 0.416 bits per heavy atom. The van der Waals surface area contributed by atoms with Gasteiger partial charge in [0, 0.05) is 111 Å². The van der Waals surface area contributed by atoms with Crippen LogP contribution >= 0.6 is 0 Å². The molecule has 0 N–H and O–H groups in total. The first-order valence-electron chi connectivity index (χ1n) is 42.5. The maximum Gasteiger partial charge on any atom is 0.303 e. The highest BCUT2D eigenvalue weighted by molar-refractivity contribution is 5.72. The zero-order valence-electron chi connectivity index (χ0n) is 77.8. The molecule has 8 rings (SSSR count). The molecule has 0 aromatic carbocycles. The van der Waals surface area contributed by atoms with Gasteiger partial charge in [0.2, 0.25) is 0 Å². The lowest BCUT2D eigenvalue weighted by atomic mass is 9.92. The van der Waals surface area contributed by atoms with E-state index in [2.05, 4.69) is 41.2 Å². The fraction of sp³-hybridized carbons (Fsp3) is 0.704. The Balaban J connectivity index is 1.07. The van der Waals surface area contributed by atoms with Crippen molar-refractivity contribution in [2.75, 3.05) is 79.3 Å². The number of rotatable bonds is 52. The van der Waals surface area contributed by atoms with Crippen molar-refractivity contribution in [2.45, 2.75) is 286 Å². The molecule has 0 bridgehead atoms. The normalized spacial score (nSPS) is 24.6. The molecule has 0 aliphatic carbocycles. The largest absolute Gasteiger partial charge is 0.463 e. The Labute approximate surface area is 780 Å². The van der Waals surface area contributed by atoms with Crippen LogP contribution in [0.15, 0.2) is 24.8 Å². The monoisotopic (exact) mass is 1960 g/mol. The molecule has 56 nitrogen and oxygen atoms in total. The second kappa shape index (κ2) is 53.9. The molecule has 4 saturated heterocycles. The van der Waals surface area contributed by atoms with Crippen LogP contribution in [0.25, 0.3) is 0 Å². The summed E-state index contributed by atoms with van der Waals surface area (Å²) in [4.78, 5) is 198. The highest BCUT2D eigenvalue weighted by Crippen LogP contribution is 2.36. The number of esters is 16. The minimum atomic E-state index is -1.54. The summed E-state index contributed by atoms with van der Waals surface area (Å²) in [6.45, 7) is 11.4. The van der Waals surface area contributed by atoms with Crippen molar-refractivity contribution < 1.29 is 209 Å². The molecule has 4 aromatic heterocycles. The van der Waals surface area contributed by atoms with Gasteiger partial charge in [0.1, 0.15) is 73.6 Å². The van der Waals surface area contributed by atoms with E-state index in [4.69, 9.17) is 133 Å². The van der Waals surface area contributed by atoms with Crippen LogP contribution in [0.1, 0.15) is 134 Å². The number of hydrogen-bond donors (Lipinski definition) is 0. The zero-order valence-corrected chi connectivity index (χ0v) is 77.8. The van der Waals surface area contributed by atoms with E-state index in [1.165, 1.54) is 43.5 Å². The number of carbonyl (C=O) groups excluding carboxylic acids is 16. The first-order valence-corrected chi connectivity index (χ1v) is 42.5. The number of hydrogen-bond acceptors (Lipinski definition) is 52. The van der Waals surface area contributed by atoms with Crippen molar-refractivity contribution in [1.29, 1.82) is 0 Å². The minimum absolute atomic E-state index is 0.0839. The molecule has 4 aromatic rings. The van der Waals surface area contributed by atoms with Gasteiger partial charge in [0.25, 0.3) is 0 Å². The molecular weight excluding hydrogens is 1840 g/mol. The van der Waals surface area contributed by atoms with Gasteiger partial charge in [-0.2, -0.15) is 0 Å². The van der Waals surface area contributed by atoms with Gasteiger partial charge < -0.3 is 133 Å². The van der Waals surface area contributed by atoms with Gasteiger partial charge in [0.15, 0.2) is 98.4 Å². The fourth-order valence-electron chi connectivity index (χ4n) is 14.1. The van der Waals surface area contributed by atoms with E-state index in [0.717, 1.165) is 111 Å². The SMILES string of the molecule is CC(=O)OC[C@H]1O[C@@H](OCCn2cc(COCC(COCc3cn(CCO[C@@H]4O[C@H](COC(C)=O)[C@@H](OC(C)=O)[C@H](OC(C)=O)[C@@H]4OC(C)=O)nn3)(COCc3cn(CCO[C@@H]4O[C@H](COC(C)=O)[C@@H](OC(C)=O)[C@H](OC(C)=O)[C@@H]4OC(C)=O)nn3)COCc3cn(CCO[C@@H]4O[C@H](COC(C)=O)[C@@H](OC(C)=O)[C@H](OC(C)=O)[C@@H]4OC(C)=O)nn3)nn2)[C@@H](OC(C)=O)[C@@H](OC(C)=O)[C@@H]1OC(C)=O. The average molecular weight is 1960 g/mol. The van der Waals surface area contributed by atoms with E-state index in [1.807, 2.05) is 0 Å². The standard InChI is InChI=1S/C81H112N12O44/c1-41(94)118-33-61-65(122-45(5)98)69(126-49(9)102)73(130-53(13)106)77(134-61)114-21-17-90-25-57(82-86-90)29-110-37-81(38-111-30-58-26-91(87-83-58)18-22-115-78-74(131-54(14)107)70(127-50(10)103)66(123-46(6)99)62(135-78)34-119-42(2)95,39-112-31-59-27-92(88-84-59)19-23-116-79-75(132-55(15)108)71(128-51(11)104)67(124-47(7)100)63(136-79)35-120-43(3)96)40-113-32-60-28-93(89-85-60)20-24-117-80-76(133-56(16)109)72(129-52(12)105)68(125-48(8)101)64(137-80)36-121-44(4)97/h25-28,61-80H,17-24,29-40H2,1-16H3/t61-,62-,63-,64-,65-,66-,67-,68-,69+,70+,71+,72+,73+,74+,75+,76+,77-,78-,79-,80-/m1/s1. The second-order valence-electron chi connectivity index (χ2n) is 31.1. The Kier molecular flexibility index (Phi) is 43.3. The Bertz CT molecular complexity index is 4160. The van der Waals surface area contributed by atoms with E-state index >= 15 is 0 Å². The molecule has 0 spiro atoms. The lowest BCUT2D eigenvalue weighted by Gasteiger charge is -2.44. The molecular formula is C81H112N12O44. The molecule has 0 saturated carbocycles. The predicted octanol–water partition coefficient (Wildman–Crippen LogP) is -2.40. The zero-order chi connectivity index (χ0) is 100. The summed E-state index contributed by atoms with van der Waals surface area (Å²) in [7, 11) is 0. The van der Waals surface area contributed by atoms with Crippen molar-refractivity contribution in [2.24, 2.45) is 5.41 Å². The fourth-order valence-corrected chi connectivity index (χ4v) is 14.1. The van der Waals surface area contributed by atoms with Crippen molar-refractivity contribution in [3.63, 3.8) is 0 Å². The number of nitrogens with zero attached hydrogens (tertiary/aromatic N) is 12. The highest BCUT2D eigenvalue weighted by Gasteiger charge is 2.58. The maximum absolute atomic E-state index is 12.6. The summed E-state index contributed by atoms with van der Waals surface area (Å²) < 4.78 is 167. The van der Waals surface area contributed by atoms with Gasteiger partial charge in [-0.15, -0.1) is 20.4 Å². The Hall–Kier alpha value is -12.4. The minimum Gasteiger partial charge on any atom is -0.463 e. The van der Waals surface area contributed by atoms with Crippen LogP contribution in [0, 0.1) is 5.41 Å². The van der Waals surface area contributed by atoms with Crippen LogP contribution in [-0.2, 0) is 262 Å². The molecule has 56 heteroatoms. The molecule has 8 heterocycles. The van der Waals surface area contributed by atoms with Crippen LogP contribution in [-0.4, -0.2) is 358 Å². The summed E-state index contributed by atoms with van der Waals surface area (Å²) in [6.07, 6.45) is -23.5. The summed E-state index contributed by atoms with van der Waals surface area (Å²) >= 11 is 0. The summed E-state index contributed by atoms with van der Waals surface area (Å²) in [5.41, 5.74) is -0.493. The van der Waals surface area contributed by atoms with Crippen LogP contribution < -0.4 is 0 Å². The third-order valence-electron chi connectivity index (χ3n) is 19.2. The lowest BCUT2D eigenvalue weighted by molar-refractivity contribution is -0.308. The molecule has 20 atom stereocenters. The van der Waals surface area contributed by atoms with Crippen molar-refractivity contribution in [1.82, 2.24) is 60.0 Å². The second-order valence-corrected chi connectivity index (χ2v) is 31.1. The van der Waals surface area contributed by atoms with Crippen LogP contribution in [0.5, 0.6) is 0 Å². The van der Waals surface area contributed by atoms with Crippen molar-refractivity contribution in [3.05, 3.63) is 47.6 Å². The van der Waals surface area contributed by atoms with E-state index in [9.17, 15) is 76.7 Å². The van der Waals surface area contributed by atoms with E-state index in [-0.39, 0.29) is 128 Å². The summed E-state index contributed by atoms with van der Waals surface area (Å²) in [6, 6.07) is 0. The Morgan fingerprint density at radius 3 is 0.584 bits per heavy atom. The molecule has 760 valence electrons. The van der Waals surface area contributed by atoms with Gasteiger partial charge in [-0.1, -0.05) is 20.9 Å². The summed E-state index contributed by atoms with van der Waals surface area (Å²) in [5, 5.41) is 34.1. The molecule has 0 unspecified atom stereocenters. The van der Waals surface area contributed by atoms with Gasteiger partial charge in [-0.25, -0.2) is 18.7 Å². The molecule has 137 heavy (non-hydrogen) atoms. The third-order valence-corrected chi connectivity index (χ3v) is 19.2. The maximum atomic E-state index is 12.6. The Morgan fingerprint density at radius 1 is 0.248 bits per heavy atom. The van der Waals surface area contributed by atoms with Gasteiger partial charge in [-0.05, 0) is 0 Å². The smallest absolute Gasteiger partial charge is 0.303 e. The van der Waals surface area contributed by atoms with E-state index in [1.54, 1.807) is 0 Å². The van der Waals surface area contributed by atoms with Crippen molar-refractivity contribution in [3.8, 4) is 0 Å². The first-order chi connectivity index (χ1) is 65.0. The van der Waals surface area contributed by atoms with E-state index < -0.39 is 250 Å². The average Bonchev–Trinajstić information content (AvgIpc) is 1.25. The van der Waals surface area contributed by atoms with Crippen LogP contribution in [0.4, 0.5) is 0 Å². The lowest BCUT2D eigenvalue weighted by Crippen LogP contribution is -2.63. The third kappa shape index (κ3) is 36.6. The highest BCUT2D eigenvalue weighted by atomic mass is 16.8. The number of ether oxygens (including phenoxy) is 28. The van der Waals surface area contributed by atoms with Crippen molar-refractivity contribution >= 4 is 95.5 Å². The number of aromatic nitrogens is 12. The topological polar surface area (TPSA) is 654 Å². The number of carbonyl (C=O) groups is 16. The van der Waals surface area contributed by atoms with Gasteiger partial charge >= 0.3 is 95.5 Å². The van der Waals surface area contributed by atoms with Crippen LogP contribution in [0.2, 0.25) is 0 Å². The first kappa shape index (κ1) is 110. The predicted molar refractivity (Wildman–Crippen MR) is 433 cm³/mol. The molecule has 4 aliphatic heterocycles. The molecule has 4 aliphatic rings.